The van der Waals surface area contributed by atoms with Crippen LogP contribution in [-0.2, 0) is 9.53 Å². The standard InChI is InChI=1S/C20H26O6/c1-18-7-5-13-17(23)26-11-20(13,9-14(21)12-6-8-25-10-12)15(18)3-4-16(22)19(18,2)24/h6,8,10,13,15-16,22,24H,3-5,7,9,11H2,1-2H3/t13-,15-,16+,18+,19-,20+/m1/s1. The van der Waals surface area contributed by atoms with Crippen molar-refractivity contribution in [3.05, 3.63) is 24.2 Å². The number of carbonyl (C=O) groups excluding carboxylic acids is 2. The van der Waals surface area contributed by atoms with E-state index < -0.39 is 22.5 Å². The van der Waals surface area contributed by atoms with Gasteiger partial charge in [-0.1, -0.05) is 6.92 Å². The predicted octanol–water partition coefficient (Wildman–Crippen LogP) is 2.33. The molecule has 6 atom stereocenters. The van der Waals surface area contributed by atoms with Gasteiger partial charge in [0.15, 0.2) is 5.78 Å². The Kier molecular flexibility index (Phi) is 3.87. The third kappa shape index (κ3) is 2.18. The number of hydrogen-bond acceptors (Lipinski definition) is 6. The summed E-state index contributed by atoms with van der Waals surface area (Å²) in [6.45, 7) is 3.88. The molecule has 4 rings (SSSR count). The third-order valence-corrected chi connectivity index (χ3v) is 7.74. The van der Waals surface area contributed by atoms with Gasteiger partial charge >= 0.3 is 5.97 Å². The number of esters is 1. The summed E-state index contributed by atoms with van der Waals surface area (Å²) in [7, 11) is 0. The molecule has 0 bridgehead atoms. The molecule has 6 nitrogen and oxygen atoms in total. The number of carbonyl (C=O) groups is 2. The second-order valence-corrected chi connectivity index (χ2v) is 8.75. The summed E-state index contributed by atoms with van der Waals surface area (Å²) >= 11 is 0. The maximum Gasteiger partial charge on any atom is 0.309 e. The lowest BCUT2D eigenvalue weighted by Crippen LogP contribution is -2.66. The van der Waals surface area contributed by atoms with Crippen molar-refractivity contribution in [2.75, 3.05) is 6.61 Å². The first-order valence-electron chi connectivity index (χ1n) is 9.35. The summed E-state index contributed by atoms with van der Waals surface area (Å²) in [5.41, 5.74) is -1.99. The first-order valence-corrected chi connectivity index (χ1v) is 9.35. The quantitative estimate of drug-likeness (QED) is 0.633. The van der Waals surface area contributed by atoms with Gasteiger partial charge in [-0.15, -0.1) is 0 Å². The van der Waals surface area contributed by atoms with Crippen molar-refractivity contribution >= 4 is 11.8 Å². The Labute approximate surface area is 152 Å². The number of fused-ring (bicyclic) bond motifs is 3. The molecule has 1 aliphatic heterocycles. The zero-order valence-electron chi connectivity index (χ0n) is 15.2. The van der Waals surface area contributed by atoms with Crippen molar-refractivity contribution in [2.24, 2.45) is 22.7 Å². The average Bonchev–Trinajstić information content (AvgIpc) is 3.22. The molecular weight excluding hydrogens is 336 g/mol. The van der Waals surface area contributed by atoms with E-state index in [1.807, 2.05) is 6.92 Å². The van der Waals surface area contributed by atoms with Gasteiger partial charge in [-0.3, -0.25) is 9.59 Å². The number of hydrogen-bond donors (Lipinski definition) is 2. The summed E-state index contributed by atoms with van der Waals surface area (Å²) in [6, 6.07) is 1.63. The molecule has 26 heavy (non-hydrogen) atoms. The molecule has 2 N–H and O–H groups in total. The van der Waals surface area contributed by atoms with E-state index in [0.717, 1.165) is 0 Å². The zero-order chi connectivity index (χ0) is 18.7. The summed E-state index contributed by atoms with van der Waals surface area (Å²) in [5, 5.41) is 21.6. The SMILES string of the molecule is C[C@]12CC[C@@H]3C(=O)OC[C@]3(CC(=O)c3ccoc3)[C@@H]1CC[C@H](O)[C@@]2(C)O. The Morgan fingerprint density at radius 2 is 2.08 bits per heavy atom. The first-order chi connectivity index (χ1) is 12.2. The lowest BCUT2D eigenvalue weighted by atomic mass is 9.43. The van der Waals surface area contributed by atoms with Gasteiger partial charge in [-0.25, -0.2) is 0 Å². The van der Waals surface area contributed by atoms with Gasteiger partial charge in [0.25, 0.3) is 0 Å². The molecule has 0 amide bonds. The zero-order valence-corrected chi connectivity index (χ0v) is 15.2. The van der Waals surface area contributed by atoms with E-state index in [1.165, 1.54) is 12.5 Å². The van der Waals surface area contributed by atoms with Crippen molar-refractivity contribution in [3.63, 3.8) is 0 Å². The molecule has 0 aromatic carbocycles. The number of ketones is 1. The first kappa shape index (κ1) is 17.7. The molecule has 0 spiro atoms. The Morgan fingerprint density at radius 1 is 1.31 bits per heavy atom. The van der Waals surface area contributed by atoms with Gasteiger partial charge < -0.3 is 19.4 Å². The van der Waals surface area contributed by atoms with Crippen molar-refractivity contribution < 1.29 is 29.0 Å². The van der Waals surface area contributed by atoms with Crippen LogP contribution in [0.5, 0.6) is 0 Å². The molecule has 2 aliphatic carbocycles. The van der Waals surface area contributed by atoms with Crippen LogP contribution in [-0.4, -0.2) is 40.3 Å². The van der Waals surface area contributed by atoms with Crippen LogP contribution >= 0.6 is 0 Å². The normalized spacial score (nSPS) is 44.9. The summed E-state index contributed by atoms with van der Waals surface area (Å²) in [5.74, 6) is -0.716. The average molecular weight is 362 g/mol. The molecule has 3 fully saturated rings. The molecule has 2 saturated carbocycles. The van der Waals surface area contributed by atoms with E-state index in [9.17, 15) is 19.8 Å². The number of ether oxygens (including phenoxy) is 1. The van der Waals surface area contributed by atoms with Crippen LogP contribution in [0.1, 0.15) is 56.3 Å². The Morgan fingerprint density at radius 3 is 2.77 bits per heavy atom. The highest BCUT2D eigenvalue weighted by Gasteiger charge is 2.68. The van der Waals surface area contributed by atoms with Crippen LogP contribution < -0.4 is 0 Å². The number of furan rings is 1. The summed E-state index contributed by atoms with van der Waals surface area (Å²) < 4.78 is 10.5. The molecule has 3 aliphatic rings. The Balaban J connectivity index is 1.76. The minimum atomic E-state index is -1.27. The van der Waals surface area contributed by atoms with Crippen LogP contribution in [0.25, 0.3) is 0 Å². The van der Waals surface area contributed by atoms with E-state index in [4.69, 9.17) is 9.15 Å². The second-order valence-electron chi connectivity index (χ2n) is 8.75. The number of aliphatic hydroxyl groups is 2. The molecule has 142 valence electrons. The van der Waals surface area contributed by atoms with Gasteiger partial charge in [-0.05, 0) is 44.6 Å². The number of rotatable bonds is 3. The third-order valence-electron chi connectivity index (χ3n) is 7.74. The van der Waals surface area contributed by atoms with E-state index in [1.54, 1.807) is 13.0 Å². The van der Waals surface area contributed by atoms with Crippen molar-refractivity contribution in [1.29, 1.82) is 0 Å². The van der Waals surface area contributed by atoms with Crippen LogP contribution in [0.2, 0.25) is 0 Å². The van der Waals surface area contributed by atoms with Crippen LogP contribution in [0.3, 0.4) is 0 Å². The summed E-state index contributed by atoms with van der Waals surface area (Å²) in [4.78, 5) is 25.3. The fraction of sp³-hybridized carbons (Fsp3) is 0.700. The van der Waals surface area contributed by atoms with E-state index in [2.05, 4.69) is 0 Å². The maximum absolute atomic E-state index is 12.9. The topological polar surface area (TPSA) is 97.0 Å². The molecule has 0 unspecified atom stereocenters. The molecule has 1 aromatic rings. The molecule has 1 aromatic heterocycles. The largest absolute Gasteiger partial charge is 0.472 e. The van der Waals surface area contributed by atoms with Gasteiger partial charge in [-0.2, -0.15) is 0 Å². The molecular formula is C20H26O6. The highest BCUT2D eigenvalue weighted by Crippen LogP contribution is 2.66. The molecule has 6 heteroatoms. The number of aliphatic hydroxyl groups excluding tert-OH is 1. The van der Waals surface area contributed by atoms with Crippen LogP contribution in [0.15, 0.2) is 23.0 Å². The minimum absolute atomic E-state index is 0.0722. The highest BCUT2D eigenvalue weighted by molar-refractivity contribution is 5.96. The fourth-order valence-corrected chi connectivity index (χ4v) is 5.96. The van der Waals surface area contributed by atoms with Crippen molar-refractivity contribution in [2.45, 2.75) is 57.7 Å². The van der Waals surface area contributed by atoms with E-state index >= 15 is 0 Å². The smallest absolute Gasteiger partial charge is 0.309 e. The summed E-state index contributed by atoms with van der Waals surface area (Å²) in [6.07, 6.45) is 4.58. The Bertz CT molecular complexity index is 723. The monoisotopic (exact) mass is 362 g/mol. The van der Waals surface area contributed by atoms with Gasteiger partial charge in [0.05, 0.1) is 36.1 Å². The van der Waals surface area contributed by atoms with E-state index in [-0.39, 0.29) is 36.6 Å². The molecule has 1 saturated heterocycles. The van der Waals surface area contributed by atoms with Gasteiger partial charge in [0.1, 0.15) is 6.26 Å². The van der Waals surface area contributed by atoms with Crippen LogP contribution in [0, 0.1) is 22.7 Å². The minimum Gasteiger partial charge on any atom is -0.472 e. The molecule has 0 radical (unpaired) electrons. The van der Waals surface area contributed by atoms with Crippen molar-refractivity contribution in [1.82, 2.24) is 0 Å². The second kappa shape index (κ2) is 5.67. The lowest BCUT2D eigenvalue weighted by molar-refractivity contribution is -0.232. The van der Waals surface area contributed by atoms with E-state index in [0.29, 0.717) is 31.2 Å². The lowest BCUT2D eigenvalue weighted by Gasteiger charge is -2.62. The number of Topliss-reactive ketones (excluding diaryl/α,β-unsaturated/α-hetero) is 1. The maximum atomic E-state index is 12.9. The van der Waals surface area contributed by atoms with Crippen molar-refractivity contribution in [3.8, 4) is 0 Å². The molecule has 2 heterocycles. The fourth-order valence-electron chi connectivity index (χ4n) is 5.96. The van der Waals surface area contributed by atoms with Crippen LogP contribution in [0.4, 0.5) is 0 Å². The number of cyclic esters (lactones) is 1. The predicted molar refractivity (Wildman–Crippen MR) is 91.2 cm³/mol. The highest BCUT2D eigenvalue weighted by atomic mass is 16.5. The van der Waals surface area contributed by atoms with Gasteiger partial charge in [0, 0.05) is 17.3 Å². The van der Waals surface area contributed by atoms with Gasteiger partial charge in [0.2, 0.25) is 0 Å². The Hall–Kier alpha value is -1.66.